The molecule has 3 heteroatoms. The molecule has 1 fully saturated rings. The van der Waals surface area contributed by atoms with E-state index in [4.69, 9.17) is 9.47 Å². The van der Waals surface area contributed by atoms with Crippen molar-refractivity contribution < 1.29 is 9.47 Å². The summed E-state index contributed by atoms with van der Waals surface area (Å²) in [5.74, 6) is 0.750. The minimum absolute atomic E-state index is 0.168. The van der Waals surface area contributed by atoms with Gasteiger partial charge in [0.15, 0.2) is 6.29 Å². The van der Waals surface area contributed by atoms with E-state index in [2.05, 4.69) is 43.4 Å². The summed E-state index contributed by atoms with van der Waals surface area (Å²) in [6.07, 6.45) is 2.41. The van der Waals surface area contributed by atoms with Gasteiger partial charge in [0.05, 0.1) is 6.04 Å². The molecule has 2 unspecified atom stereocenters. The van der Waals surface area contributed by atoms with Crippen LogP contribution < -0.4 is 5.32 Å². The van der Waals surface area contributed by atoms with Gasteiger partial charge in [0, 0.05) is 20.3 Å². The number of aryl methyl sites for hydroxylation is 1. The molecule has 19 heavy (non-hydrogen) atoms. The third-order valence-corrected chi connectivity index (χ3v) is 3.85. The number of ether oxygens (including phenoxy) is 2. The van der Waals surface area contributed by atoms with E-state index in [0.717, 1.165) is 5.92 Å². The van der Waals surface area contributed by atoms with Gasteiger partial charge < -0.3 is 14.8 Å². The Morgan fingerprint density at radius 1 is 1.11 bits per heavy atom. The van der Waals surface area contributed by atoms with Gasteiger partial charge in [0.1, 0.15) is 0 Å². The van der Waals surface area contributed by atoms with Crippen LogP contribution in [0.1, 0.15) is 36.9 Å². The second-order valence-electron chi connectivity index (χ2n) is 5.52. The lowest BCUT2D eigenvalue weighted by atomic mass is 10.00. The van der Waals surface area contributed by atoms with Crippen LogP contribution in [-0.2, 0) is 9.47 Å². The van der Waals surface area contributed by atoms with E-state index < -0.39 is 0 Å². The van der Waals surface area contributed by atoms with Crippen LogP contribution in [0.2, 0.25) is 0 Å². The molecule has 1 aromatic rings. The van der Waals surface area contributed by atoms with E-state index in [-0.39, 0.29) is 12.3 Å². The molecular weight excluding hydrogens is 238 g/mol. The molecular formula is C16H25NO2. The van der Waals surface area contributed by atoms with Gasteiger partial charge in [0.2, 0.25) is 0 Å². The molecule has 1 aliphatic rings. The van der Waals surface area contributed by atoms with Crippen LogP contribution in [0.3, 0.4) is 0 Å². The number of rotatable bonds is 7. The maximum atomic E-state index is 5.33. The average Bonchev–Trinajstić information content (AvgIpc) is 3.23. The Balaban J connectivity index is 2.06. The van der Waals surface area contributed by atoms with Crippen molar-refractivity contribution in [2.45, 2.75) is 45.1 Å². The van der Waals surface area contributed by atoms with E-state index in [9.17, 15) is 0 Å². The van der Waals surface area contributed by atoms with Crippen molar-refractivity contribution in [1.82, 2.24) is 5.32 Å². The van der Waals surface area contributed by atoms with Crippen molar-refractivity contribution in [2.24, 2.45) is 5.92 Å². The van der Waals surface area contributed by atoms with E-state index >= 15 is 0 Å². The first kappa shape index (κ1) is 14.5. The summed E-state index contributed by atoms with van der Waals surface area (Å²) in [6.45, 7) is 4.24. The summed E-state index contributed by atoms with van der Waals surface area (Å²) in [4.78, 5) is 0. The summed E-state index contributed by atoms with van der Waals surface area (Å²) in [5, 5.41) is 3.67. The highest BCUT2D eigenvalue weighted by Gasteiger charge is 2.34. The minimum Gasteiger partial charge on any atom is -0.354 e. The van der Waals surface area contributed by atoms with Gasteiger partial charge >= 0.3 is 0 Å². The summed E-state index contributed by atoms with van der Waals surface area (Å²) >= 11 is 0. The fraction of sp³-hybridized carbons (Fsp3) is 0.625. The molecule has 1 saturated carbocycles. The van der Waals surface area contributed by atoms with Crippen LogP contribution in [0.15, 0.2) is 24.3 Å². The lowest BCUT2D eigenvalue weighted by Gasteiger charge is -2.28. The maximum Gasteiger partial charge on any atom is 0.171 e. The monoisotopic (exact) mass is 263 g/mol. The topological polar surface area (TPSA) is 30.5 Å². The number of hydrogen-bond acceptors (Lipinski definition) is 3. The Morgan fingerprint density at radius 2 is 1.68 bits per heavy atom. The highest BCUT2D eigenvalue weighted by Crippen LogP contribution is 2.41. The maximum absolute atomic E-state index is 5.33. The van der Waals surface area contributed by atoms with Crippen LogP contribution >= 0.6 is 0 Å². The molecule has 1 aliphatic carbocycles. The van der Waals surface area contributed by atoms with Gasteiger partial charge in [0.25, 0.3) is 0 Å². The number of hydrogen-bond donors (Lipinski definition) is 1. The van der Waals surface area contributed by atoms with Gasteiger partial charge in [-0.1, -0.05) is 29.8 Å². The second kappa shape index (κ2) is 6.51. The van der Waals surface area contributed by atoms with Gasteiger partial charge in [-0.15, -0.1) is 0 Å². The number of benzene rings is 1. The van der Waals surface area contributed by atoms with E-state index in [1.807, 2.05) is 0 Å². The molecule has 0 amide bonds. The highest BCUT2D eigenvalue weighted by atomic mass is 16.7. The van der Waals surface area contributed by atoms with Gasteiger partial charge in [-0.25, -0.2) is 0 Å². The first-order valence-electron chi connectivity index (χ1n) is 7.04. The first-order chi connectivity index (χ1) is 9.15. The van der Waals surface area contributed by atoms with E-state index in [1.54, 1.807) is 14.2 Å². The molecule has 1 aromatic carbocycles. The predicted octanol–water partition coefficient (Wildman–Crippen LogP) is 3.04. The first-order valence-corrected chi connectivity index (χ1v) is 7.04. The standard InChI is InChI=1S/C16H25NO2/c1-11-5-7-13(8-6-11)15(14-9-10-14)17-12(2)16(18-3)19-4/h5-8,12,14-17H,9-10H2,1-4H3. The molecule has 0 aliphatic heterocycles. The second-order valence-corrected chi connectivity index (χ2v) is 5.52. The molecule has 3 nitrogen and oxygen atoms in total. The molecule has 0 radical (unpaired) electrons. The van der Waals surface area contributed by atoms with E-state index in [1.165, 1.54) is 24.0 Å². The molecule has 1 N–H and O–H groups in total. The van der Waals surface area contributed by atoms with Crippen LogP contribution in [0.4, 0.5) is 0 Å². The molecule has 0 heterocycles. The molecule has 2 rings (SSSR count). The van der Waals surface area contributed by atoms with E-state index in [0.29, 0.717) is 6.04 Å². The fourth-order valence-corrected chi connectivity index (χ4v) is 2.57. The Kier molecular flexibility index (Phi) is 4.97. The third kappa shape index (κ3) is 3.78. The summed E-state index contributed by atoms with van der Waals surface area (Å²) in [5.41, 5.74) is 2.67. The molecule has 2 atom stereocenters. The van der Waals surface area contributed by atoms with Crippen LogP contribution in [0.5, 0.6) is 0 Å². The summed E-state index contributed by atoms with van der Waals surface area (Å²) in [6, 6.07) is 9.40. The SMILES string of the molecule is COC(OC)C(C)NC(c1ccc(C)cc1)C1CC1. The Bertz CT molecular complexity index is 382. The lowest BCUT2D eigenvalue weighted by Crippen LogP contribution is -2.42. The minimum atomic E-state index is -0.202. The summed E-state index contributed by atoms with van der Waals surface area (Å²) in [7, 11) is 3.37. The van der Waals surface area contributed by atoms with Gasteiger partial charge in [-0.3, -0.25) is 0 Å². The molecule has 0 spiro atoms. The van der Waals surface area contributed by atoms with Gasteiger partial charge in [-0.2, -0.15) is 0 Å². The number of methoxy groups -OCH3 is 2. The zero-order valence-electron chi connectivity index (χ0n) is 12.3. The van der Waals surface area contributed by atoms with Crippen molar-refractivity contribution in [2.75, 3.05) is 14.2 Å². The van der Waals surface area contributed by atoms with Crippen LogP contribution in [-0.4, -0.2) is 26.6 Å². The molecule has 0 aromatic heterocycles. The molecule has 106 valence electrons. The van der Waals surface area contributed by atoms with Crippen molar-refractivity contribution in [1.29, 1.82) is 0 Å². The zero-order chi connectivity index (χ0) is 13.8. The highest BCUT2D eigenvalue weighted by molar-refractivity contribution is 5.25. The van der Waals surface area contributed by atoms with Crippen LogP contribution in [0, 0.1) is 12.8 Å². The fourth-order valence-electron chi connectivity index (χ4n) is 2.57. The van der Waals surface area contributed by atoms with Crippen LogP contribution in [0.25, 0.3) is 0 Å². The van der Waals surface area contributed by atoms with Crippen molar-refractivity contribution in [3.63, 3.8) is 0 Å². The third-order valence-electron chi connectivity index (χ3n) is 3.85. The average molecular weight is 263 g/mol. The van der Waals surface area contributed by atoms with Crippen molar-refractivity contribution in [3.05, 3.63) is 35.4 Å². The quantitative estimate of drug-likeness (QED) is 0.767. The predicted molar refractivity (Wildman–Crippen MR) is 77.0 cm³/mol. The van der Waals surface area contributed by atoms with Crippen molar-refractivity contribution in [3.8, 4) is 0 Å². The smallest absolute Gasteiger partial charge is 0.171 e. The largest absolute Gasteiger partial charge is 0.354 e. The Hall–Kier alpha value is -0.900. The number of nitrogens with one attached hydrogen (secondary N) is 1. The summed E-state index contributed by atoms with van der Waals surface area (Å²) < 4.78 is 10.7. The Labute approximate surface area is 116 Å². The van der Waals surface area contributed by atoms with Crippen molar-refractivity contribution >= 4 is 0 Å². The lowest BCUT2D eigenvalue weighted by molar-refractivity contribution is -0.121. The van der Waals surface area contributed by atoms with Gasteiger partial charge in [-0.05, 0) is 38.2 Å². The molecule has 0 saturated heterocycles. The normalized spacial score (nSPS) is 18.6. The zero-order valence-corrected chi connectivity index (χ0v) is 12.3. The molecule has 0 bridgehead atoms. The Morgan fingerprint density at radius 3 is 2.16 bits per heavy atom.